The van der Waals surface area contributed by atoms with E-state index in [0.717, 1.165) is 12.1 Å². The fourth-order valence-corrected chi connectivity index (χ4v) is 4.54. The lowest BCUT2D eigenvalue weighted by Crippen LogP contribution is -2.49. The molecular formula is C14H19F3N2O3S. The van der Waals surface area contributed by atoms with Crippen LogP contribution in [0.1, 0.15) is 19.8 Å². The van der Waals surface area contributed by atoms with Gasteiger partial charge in [-0.3, -0.25) is 0 Å². The van der Waals surface area contributed by atoms with Crippen molar-refractivity contribution >= 4 is 10.0 Å². The molecule has 1 heterocycles. The Morgan fingerprint density at radius 1 is 1.35 bits per heavy atom. The number of nitrogens with two attached hydrogens (primary N) is 1. The number of hydrogen-bond acceptors (Lipinski definition) is 4. The van der Waals surface area contributed by atoms with E-state index in [4.69, 9.17) is 5.73 Å². The van der Waals surface area contributed by atoms with Gasteiger partial charge in [-0.2, -0.15) is 4.31 Å². The quantitative estimate of drug-likeness (QED) is 0.903. The molecule has 1 aromatic carbocycles. The molecule has 0 amide bonds. The average Bonchev–Trinajstić information content (AvgIpc) is 2.45. The summed E-state index contributed by atoms with van der Waals surface area (Å²) in [6, 6.07) is 4.33. The molecule has 0 saturated carbocycles. The summed E-state index contributed by atoms with van der Waals surface area (Å²) in [6.45, 7) is 2.34. The maximum Gasteiger partial charge on any atom is 0.573 e. The summed E-state index contributed by atoms with van der Waals surface area (Å²) in [5, 5.41) is 0. The molecule has 2 unspecified atom stereocenters. The van der Waals surface area contributed by atoms with Crippen molar-refractivity contribution in [3.8, 4) is 5.75 Å². The molecule has 1 fully saturated rings. The minimum absolute atomic E-state index is 0.117. The van der Waals surface area contributed by atoms with Gasteiger partial charge in [0.1, 0.15) is 10.6 Å². The van der Waals surface area contributed by atoms with Crippen molar-refractivity contribution in [2.75, 3.05) is 13.1 Å². The molecule has 0 bridgehead atoms. The van der Waals surface area contributed by atoms with Gasteiger partial charge in [0.05, 0.1) is 0 Å². The molecule has 5 nitrogen and oxygen atoms in total. The van der Waals surface area contributed by atoms with Crippen LogP contribution < -0.4 is 10.5 Å². The molecule has 0 radical (unpaired) electrons. The standard InChI is InChI=1S/C14H19F3N2O3S/c1-10-6-7-19(11(8-10)9-18)23(20,21)13-5-3-2-4-12(13)22-14(15,16)17/h2-5,10-11H,6-9,18H2,1H3. The van der Waals surface area contributed by atoms with E-state index in [1.807, 2.05) is 6.92 Å². The van der Waals surface area contributed by atoms with Crippen molar-refractivity contribution in [3.05, 3.63) is 24.3 Å². The normalized spacial score (nSPS) is 23.7. The van der Waals surface area contributed by atoms with Crippen LogP contribution in [0, 0.1) is 5.92 Å². The highest BCUT2D eigenvalue weighted by Crippen LogP contribution is 2.34. The van der Waals surface area contributed by atoms with Gasteiger partial charge in [-0.15, -0.1) is 13.2 Å². The Kier molecular flexibility index (Phi) is 5.22. The van der Waals surface area contributed by atoms with E-state index in [9.17, 15) is 21.6 Å². The Hall–Kier alpha value is -1.32. The van der Waals surface area contributed by atoms with Crippen LogP contribution in [-0.4, -0.2) is 38.2 Å². The molecule has 23 heavy (non-hydrogen) atoms. The van der Waals surface area contributed by atoms with Gasteiger partial charge >= 0.3 is 6.36 Å². The Morgan fingerprint density at radius 3 is 2.61 bits per heavy atom. The first kappa shape index (κ1) is 18.0. The lowest BCUT2D eigenvalue weighted by molar-refractivity contribution is -0.275. The van der Waals surface area contributed by atoms with Gasteiger partial charge in [0.15, 0.2) is 0 Å². The minimum Gasteiger partial charge on any atom is -0.404 e. The summed E-state index contributed by atoms with van der Waals surface area (Å²) in [7, 11) is -4.12. The first-order chi connectivity index (χ1) is 10.6. The first-order valence-corrected chi connectivity index (χ1v) is 8.66. The van der Waals surface area contributed by atoms with Gasteiger partial charge in [-0.1, -0.05) is 19.1 Å². The number of hydrogen-bond donors (Lipinski definition) is 1. The second-order valence-corrected chi connectivity index (χ2v) is 7.49. The van der Waals surface area contributed by atoms with Gasteiger partial charge in [0, 0.05) is 19.1 Å². The number of piperidine rings is 1. The maximum absolute atomic E-state index is 12.8. The number of ether oxygens (including phenoxy) is 1. The molecule has 2 N–H and O–H groups in total. The molecule has 2 rings (SSSR count). The highest BCUT2D eigenvalue weighted by molar-refractivity contribution is 7.89. The lowest BCUT2D eigenvalue weighted by atomic mass is 9.94. The maximum atomic E-state index is 12.8. The van der Waals surface area contributed by atoms with E-state index in [0.29, 0.717) is 18.8 Å². The highest BCUT2D eigenvalue weighted by Gasteiger charge is 2.39. The van der Waals surface area contributed by atoms with Crippen molar-refractivity contribution in [2.45, 2.75) is 37.1 Å². The molecule has 1 aliphatic rings. The van der Waals surface area contributed by atoms with Gasteiger partial charge < -0.3 is 10.5 Å². The third-order valence-electron chi connectivity index (χ3n) is 3.86. The third-order valence-corrected chi connectivity index (χ3v) is 5.85. The summed E-state index contributed by atoms with van der Waals surface area (Å²) >= 11 is 0. The number of sulfonamides is 1. The first-order valence-electron chi connectivity index (χ1n) is 7.22. The molecule has 1 aromatic rings. The van der Waals surface area contributed by atoms with E-state index in [1.165, 1.54) is 16.4 Å². The third kappa shape index (κ3) is 4.15. The monoisotopic (exact) mass is 352 g/mol. The molecule has 1 saturated heterocycles. The number of para-hydroxylation sites is 1. The fraction of sp³-hybridized carbons (Fsp3) is 0.571. The van der Waals surface area contributed by atoms with Crippen LogP contribution >= 0.6 is 0 Å². The zero-order chi connectivity index (χ0) is 17.3. The van der Waals surface area contributed by atoms with Crippen LogP contribution in [0.15, 0.2) is 29.2 Å². The molecular weight excluding hydrogens is 333 g/mol. The van der Waals surface area contributed by atoms with Crippen molar-refractivity contribution in [2.24, 2.45) is 11.7 Å². The smallest absolute Gasteiger partial charge is 0.404 e. The van der Waals surface area contributed by atoms with Crippen molar-refractivity contribution < 1.29 is 26.3 Å². The molecule has 9 heteroatoms. The molecule has 0 aromatic heterocycles. The Labute approximate surface area is 133 Å². The summed E-state index contributed by atoms with van der Waals surface area (Å²) in [4.78, 5) is -0.495. The van der Waals surface area contributed by atoms with Gasteiger partial charge in [-0.05, 0) is 30.9 Å². The Balaban J connectivity index is 2.40. The highest BCUT2D eigenvalue weighted by atomic mass is 32.2. The second-order valence-electron chi connectivity index (χ2n) is 5.63. The Bertz CT molecular complexity index is 649. The van der Waals surface area contributed by atoms with Crippen LogP contribution in [0.2, 0.25) is 0 Å². The predicted octanol–water partition coefficient (Wildman–Crippen LogP) is 2.33. The largest absolute Gasteiger partial charge is 0.573 e. The van der Waals surface area contributed by atoms with Crippen LogP contribution in [0.4, 0.5) is 13.2 Å². The molecule has 0 spiro atoms. The van der Waals surface area contributed by atoms with E-state index >= 15 is 0 Å². The zero-order valence-electron chi connectivity index (χ0n) is 12.6. The second kappa shape index (κ2) is 6.66. The van der Waals surface area contributed by atoms with E-state index < -0.39 is 33.1 Å². The van der Waals surface area contributed by atoms with Crippen LogP contribution in [0.3, 0.4) is 0 Å². The number of benzene rings is 1. The van der Waals surface area contributed by atoms with Crippen LogP contribution in [-0.2, 0) is 10.0 Å². The SMILES string of the molecule is CC1CCN(S(=O)(=O)c2ccccc2OC(F)(F)F)C(CN)C1. The average molecular weight is 352 g/mol. The number of halogens is 3. The molecule has 130 valence electrons. The number of alkyl halides is 3. The topological polar surface area (TPSA) is 72.6 Å². The van der Waals surface area contributed by atoms with Crippen molar-refractivity contribution in [3.63, 3.8) is 0 Å². The summed E-state index contributed by atoms with van der Waals surface area (Å²) in [5.74, 6) is -0.411. The predicted molar refractivity (Wildman–Crippen MR) is 78.3 cm³/mol. The van der Waals surface area contributed by atoms with Crippen molar-refractivity contribution in [1.82, 2.24) is 4.31 Å². The number of rotatable bonds is 4. The summed E-state index contributed by atoms with van der Waals surface area (Å²) < 4.78 is 68.1. The lowest BCUT2D eigenvalue weighted by Gasteiger charge is -2.37. The summed E-state index contributed by atoms with van der Waals surface area (Å²) in [5.41, 5.74) is 5.65. The van der Waals surface area contributed by atoms with Crippen LogP contribution in [0.25, 0.3) is 0 Å². The van der Waals surface area contributed by atoms with E-state index in [-0.39, 0.29) is 13.1 Å². The van der Waals surface area contributed by atoms with Gasteiger partial charge in [-0.25, -0.2) is 8.42 Å². The molecule has 0 aliphatic carbocycles. The summed E-state index contributed by atoms with van der Waals surface area (Å²) in [6.07, 6.45) is -3.74. The number of nitrogens with zero attached hydrogens (tertiary/aromatic N) is 1. The van der Waals surface area contributed by atoms with E-state index in [1.54, 1.807) is 0 Å². The minimum atomic E-state index is -4.96. The van der Waals surface area contributed by atoms with Crippen LogP contribution in [0.5, 0.6) is 5.75 Å². The fourth-order valence-electron chi connectivity index (χ4n) is 2.76. The zero-order valence-corrected chi connectivity index (χ0v) is 13.4. The van der Waals surface area contributed by atoms with Crippen molar-refractivity contribution in [1.29, 1.82) is 0 Å². The molecule has 2 atom stereocenters. The Morgan fingerprint density at radius 2 is 2.00 bits per heavy atom. The van der Waals surface area contributed by atoms with E-state index in [2.05, 4.69) is 4.74 Å². The van der Waals surface area contributed by atoms with Gasteiger partial charge in [0.25, 0.3) is 0 Å². The molecule has 1 aliphatic heterocycles. The van der Waals surface area contributed by atoms with Gasteiger partial charge in [0.2, 0.25) is 10.0 Å².